The number of nitrogens with zero attached hydrogens (tertiary/aromatic N) is 3. The molecule has 0 radical (unpaired) electrons. The third-order valence-electron chi connectivity index (χ3n) is 8.05. The number of aliphatic imine (C=N–C) groups is 1. The Balaban J connectivity index is 1.38. The van der Waals surface area contributed by atoms with E-state index in [1.807, 2.05) is 12.1 Å². The van der Waals surface area contributed by atoms with Gasteiger partial charge in [0.15, 0.2) is 11.6 Å². The minimum absolute atomic E-state index is 0.0255. The van der Waals surface area contributed by atoms with Crippen LogP contribution < -0.4 is 4.74 Å². The largest absolute Gasteiger partial charge is 0.481 e. The molecule has 0 spiro atoms. The molecule has 2 aromatic heterocycles. The van der Waals surface area contributed by atoms with Crippen molar-refractivity contribution in [1.82, 2.24) is 15.2 Å². The van der Waals surface area contributed by atoms with Crippen molar-refractivity contribution in [3.05, 3.63) is 65.7 Å². The fraction of sp³-hybridized carbons (Fsp3) is 0.310. The zero-order chi connectivity index (χ0) is 26.7. The van der Waals surface area contributed by atoms with E-state index in [1.165, 1.54) is 6.07 Å². The van der Waals surface area contributed by atoms with E-state index in [0.717, 1.165) is 57.7 Å². The SMILES string of the molecule is O=C(O)C1(C2=NC2)CC(=COc2nc(C3CCOCC3)c(-c3ccc(F)c(F)c3)c3cc4cn[nH]c4cc23)C1. The molecule has 3 aliphatic rings. The average Bonchev–Trinajstić information content (AvgIpc) is 3.65. The number of hydrogen-bond acceptors (Lipinski definition) is 6. The number of aliphatic carboxylic acids is 1. The molecule has 2 aromatic carbocycles. The lowest BCUT2D eigenvalue weighted by Crippen LogP contribution is -2.43. The number of rotatable bonds is 6. The molecule has 2 N–H and O–H groups in total. The third kappa shape index (κ3) is 3.97. The summed E-state index contributed by atoms with van der Waals surface area (Å²) in [5, 5.41) is 19.2. The smallest absolute Gasteiger partial charge is 0.316 e. The summed E-state index contributed by atoms with van der Waals surface area (Å²) in [6.07, 6.45) is 5.46. The minimum atomic E-state index is -0.930. The van der Waals surface area contributed by atoms with Gasteiger partial charge >= 0.3 is 5.97 Å². The summed E-state index contributed by atoms with van der Waals surface area (Å²) < 4.78 is 40.1. The number of allylic oxidation sites excluding steroid dienone is 1. The molecule has 1 aliphatic carbocycles. The third-order valence-corrected chi connectivity index (χ3v) is 8.05. The van der Waals surface area contributed by atoms with Crippen LogP contribution in [-0.4, -0.2) is 51.7 Å². The second-order valence-corrected chi connectivity index (χ2v) is 10.4. The number of fused-ring (bicyclic) bond motifs is 2. The van der Waals surface area contributed by atoms with Gasteiger partial charge in [0.25, 0.3) is 0 Å². The quantitative estimate of drug-likeness (QED) is 0.317. The van der Waals surface area contributed by atoms with Crippen LogP contribution in [0, 0.1) is 17.0 Å². The standard InChI is InChI=1S/C29H24F2N4O4/c30-21-2-1-17(8-22(21)31)25-19-7-18-12-33-35-23(18)9-20(19)27(34-26(25)16-3-5-38-6-4-16)39-14-15-10-29(11-15,28(36)37)24-13-32-24/h1-2,7-9,12,14,16H,3-6,10-11,13H2,(H,33,35)(H,36,37). The highest BCUT2D eigenvalue weighted by Gasteiger charge is 2.54. The summed E-state index contributed by atoms with van der Waals surface area (Å²) in [5.41, 5.74) is 3.43. The molecule has 198 valence electrons. The van der Waals surface area contributed by atoms with Gasteiger partial charge in [0.05, 0.1) is 35.9 Å². The maximum Gasteiger partial charge on any atom is 0.316 e. The molecule has 2 aliphatic heterocycles. The molecule has 0 atom stereocenters. The Morgan fingerprint density at radius 3 is 2.64 bits per heavy atom. The highest BCUT2D eigenvalue weighted by Crippen LogP contribution is 2.49. The zero-order valence-electron chi connectivity index (χ0n) is 20.8. The first-order valence-corrected chi connectivity index (χ1v) is 12.9. The highest BCUT2D eigenvalue weighted by molar-refractivity contribution is 6.15. The van der Waals surface area contributed by atoms with Crippen LogP contribution in [0.5, 0.6) is 5.88 Å². The lowest BCUT2D eigenvalue weighted by molar-refractivity contribution is -0.146. The Kier molecular flexibility index (Phi) is 5.48. The minimum Gasteiger partial charge on any atom is -0.481 e. The highest BCUT2D eigenvalue weighted by atomic mass is 19.2. The number of H-pyrrole nitrogens is 1. The van der Waals surface area contributed by atoms with Crippen molar-refractivity contribution >= 4 is 33.4 Å². The van der Waals surface area contributed by atoms with Gasteiger partial charge in [0.1, 0.15) is 5.41 Å². The molecule has 7 rings (SSSR count). The summed E-state index contributed by atoms with van der Waals surface area (Å²) in [7, 11) is 0. The molecular weight excluding hydrogens is 506 g/mol. The normalized spacial score (nSPS) is 21.1. The number of ether oxygens (including phenoxy) is 2. The maximum absolute atomic E-state index is 14.4. The first kappa shape index (κ1) is 23.9. The van der Waals surface area contributed by atoms with Crippen LogP contribution >= 0.6 is 0 Å². The Morgan fingerprint density at radius 2 is 1.92 bits per heavy atom. The number of nitrogens with one attached hydrogen (secondary N) is 1. The van der Waals surface area contributed by atoms with Gasteiger partial charge in [-0.3, -0.25) is 14.9 Å². The number of hydrogen-bond donors (Lipinski definition) is 2. The number of carboxylic acid groups (broad SMARTS) is 1. The van der Waals surface area contributed by atoms with Gasteiger partial charge in [0.2, 0.25) is 5.88 Å². The lowest BCUT2D eigenvalue weighted by atomic mass is 9.64. The van der Waals surface area contributed by atoms with Gasteiger partial charge in [-0.15, -0.1) is 0 Å². The molecule has 10 heteroatoms. The van der Waals surface area contributed by atoms with Gasteiger partial charge in [0, 0.05) is 35.5 Å². The number of aromatic nitrogens is 3. The monoisotopic (exact) mass is 530 g/mol. The number of halogens is 2. The average molecular weight is 531 g/mol. The molecule has 0 bridgehead atoms. The number of carbonyl (C=O) groups is 1. The van der Waals surface area contributed by atoms with Crippen LogP contribution in [0.1, 0.15) is 37.3 Å². The molecule has 0 unspecified atom stereocenters. The van der Waals surface area contributed by atoms with Gasteiger partial charge in [-0.05, 0) is 66.5 Å². The first-order chi connectivity index (χ1) is 18.9. The second-order valence-electron chi connectivity index (χ2n) is 10.4. The molecule has 4 heterocycles. The fourth-order valence-electron chi connectivity index (χ4n) is 5.82. The summed E-state index contributed by atoms with van der Waals surface area (Å²) in [6, 6.07) is 7.75. The van der Waals surface area contributed by atoms with Crippen LogP contribution in [0.2, 0.25) is 0 Å². The molecule has 1 saturated heterocycles. The van der Waals surface area contributed by atoms with Crippen LogP contribution in [0.15, 0.2) is 53.4 Å². The van der Waals surface area contributed by atoms with Crippen LogP contribution in [-0.2, 0) is 9.53 Å². The van der Waals surface area contributed by atoms with Crippen LogP contribution in [0.4, 0.5) is 8.78 Å². The zero-order valence-corrected chi connectivity index (χ0v) is 20.8. The van der Waals surface area contributed by atoms with Gasteiger partial charge in [-0.2, -0.15) is 5.10 Å². The Hall–Kier alpha value is -4.18. The van der Waals surface area contributed by atoms with Gasteiger partial charge in [-0.1, -0.05) is 6.07 Å². The van der Waals surface area contributed by atoms with Crippen LogP contribution in [0.25, 0.3) is 32.8 Å². The summed E-state index contributed by atoms with van der Waals surface area (Å²) in [5.74, 6) is -2.32. The number of benzene rings is 2. The van der Waals surface area contributed by atoms with Crippen molar-refractivity contribution in [2.45, 2.75) is 31.6 Å². The molecule has 0 amide bonds. The van der Waals surface area contributed by atoms with E-state index in [1.54, 1.807) is 18.5 Å². The second kappa shape index (κ2) is 8.94. The van der Waals surface area contributed by atoms with E-state index in [0.29, 0.717) is 49.4 Å². The Bertz CT molecular complexity index is 1710. The van der Waals surface area contributed by atoms with Crippen molar-refractivity contribution in [3.8, 4) is 17.0 Å². The maximum atomic E-state index is 14.4. The molecule has 1 saturated carbocycles. The van der Waals surface area contributed by atoms with E-state index < -0.39 is 23.0 Å². The van der Waals surface area contributed by atoms with E-state index in [9.17, 15) is 18.7 Å². The van der Waals surface area contributed by atoms with E-state index in [-0.39, 0.29) is 5.92 Å². The van der Waals surface area contributed by atoms with Gasteiger partial charge in [-0.25, -0.2) is 13.8 Å². The fourth-order valence-corrected chi connectivity index (χ4v) is 5.82. The van der Waals surface area contributed by atoms with Crippen molar-refractivity contribution in [2.75, 3.05) is 19.8 Å². The molecular formula is C29H24F2N4O4. The van der Waals surface area contributed by atoms with E-state index in [4.69, 9.17) is 14.5 Å². The number of pyridine rings is 1. The predicted octanol–water partition coefficient (Wildman–Crippen LogP) is 5.53. The van der Waals surface area contributed by atoms with E-state index in [2.05, 4.69) is 15.2 Å². The summed E-state index contributed by atoms with van der Waals surface area (Å²) in [6.45, 7) is 1.65. The molecule has 39 heavy (non-hydrogen) atoms. The molecule has 4 aromatic rings. The van der Waals surface area contributed by atoms with Crippen molar-refractivity contribution in [1.29, 1.82) is 0 Å². The van der Waals surface area contributed by atoms with Gasteiger partial charge < -0.3 is 14.6 Å². The lowest BCUT2D eigenvalue weighted by Gasteiger charge is -2.37. The Labute approximate surface area is 221 Å². The van der Waals surface area contributed by atoms with Crippen LogP contribution in [0.3, 0.4) is 0 Å². The van der Waals surface area contributed by atoms with Crippen molar-refractivity contribution < 1.29 is 28.2 Å². The Morgan fingerprint density at radius 1 is 1.13 bits per heavy atom. The number of carboxylic acids is 1. The van der Waals surface area contributed by atoms with Crippen molar-refractivity contribution in [2.24, 2.45) is 10.4 Å². The summed E-state index contributed by atoms with van der Waals surface area (Å²) >= 11 is 0. The number of aromatic amines is 1. The van der Waals surface area contributed by atoms with Crippen molar-refractivity contribution in [3.63, 3.8) is 0 Å². The van der Waals surface area contributed by atoms with E-state index >= 15 is 0 Å². The topological polar surface area (TPSA) is 110 Å². The predicted molar refractivity (Wildman–Crippen MR) is 140 cm³/mol. The molecule has 2 fully saturated rings. The summed E-state index contributed by atoms with van der Waals surface area (Å²) in [4.78, 5) is 21.0. The molecule has 8 nitrogen and oxygen atoms in total. The first-order valence-electron chi connectivity index (χ1n) is 12.9.